The number of nitrogens with zero attached hydrogens (tertiary/aromatic N) is 1. The van der Waals surface area contributed by atoms with E-state index in [1.807, 2.05) is 7.05 Å². The van der Waals surface area contributed by atoms with Crippen molar-refractivity contribution in [3.8, 4) is 0 Å². The van der Waals surface area contributed by atoms with Gasteiger partial charge in [-0.05, 0) is 50.4 Å². The van der Waals surface area contributed by atoms with Crippen molar-refractivity contribution in [2.24, 2.45) is 0 Å². The number of nitrogens with one attached hydrogen (secondary N) is 1. The molecule has 2 nitrogen and oxygen atoms in total. The molecule has 0 amide bonds. The second-order valence-corrected chi connectivity index (χ2v) is 6.27. The largest absolute Gasteiger partial charge is 0.341 e. The van der Waals surface area contributed by atoms with Crippen molar-refractivity contribution < 1.29 is 0 Å². The van der Waals surface area contributed by atoms with Gasteiger partial charge in [0.25, 0.3) is 0 Å². The van der Waals surface area contributed by atoms with Crippen LogP contribution in [0.5, 0.6) is 0 Å². The van der Waals surface area contributed by atoms with Crippen LogP contribution < -0.4 is 10.2 Å². The summed E-state index contributed by atoms with van der Waals surface area (Å²) in [6.45, 7) is 7.57. The average Bonchev–Trinajstić information content (AvgIpc) is 2.63. The standard InChI is InChI=1S/C22H26N2/c1-5-24(21-13-9-8-11-19(21)17(3)23-4)22-16(2)14-15-18-10-6-7-12-20(18)22/h6-15,17,23H,5H2,1-4H3. The van der Waals surface area contributed by atoms with Gasteiger partial charge < -0.3 is 10.2 Å². The van der Waals surface area contributed by atoms with E-state index in [-0.39, 0.29) is 0 Å². The van der Waals surface area contributed by atoms with Crippen molar-refractivity contribution in [1.29, 1.82) is 0 Å². The van der Waals surface area contributed by atoms with Gasteiger partial charge >= 0.3 is 0 Å². The van der Waals surface area contributed by atoms with E-state index in [1.165, 1.54) is 33.3 Å². The van der Waals surface area contributed by atoms with Crippen molar-refractivity contribution in [2.75, 3.05) is 18.5 Å². The van der Waals surface area contributed by atoms with E-state index in [1.54, 1.807) is 0 Å². The summed E-state index contributed by atoms with van der Waals surface area (Å²) in [5.74, 6) is 0. The van der Waals surface area contributed by atoms with Crippen LogP contribution in [-0.2, 0) is 0 Å². The molecule has 2 heteroatoms. The van der Waals surface area contributed by atoms with Gasteiger partial charge in [0, 0.05) is 23.7 Å². The maximum atomic E-state index is 3.38. The summed E-state index contributed by atoms with van der Waals surface area (Å²) in [5.41, 5.74) is 5.23. The minimum atomic E-state index is 0.311. The fraction of sp³-hybridized carbons (Fsp3) is 0.273. The lowest BCUT2D eigenvalue weighted by atomic mass is 10.0. The van der Waals surface area contributed by atoms with Crippen LogP contribution >= 0.6 is 0 Å². The van der Waals surface area contributed by atoms with Crippen LogP contribution in [0, 0.1) is 6.92 Å². The number of hydrogen-bond acceptors (Lipinski definition) is 2. The van der Waals surface area contributed by atoms with E-state index in [0.29, 0.717) is 6.04 Å². The molecule has 3 rings (SSSR count). The molecule has 0 aliphatic rings. The monoisotopic (exact) mass is 318 g/mol. The molecule has 0 radical (unpaired) electrons. The molecule has 1 N–H and O–H groups in total. The van der Waals surface area contributed by atoms with E-state index in [0.717, 1.165) is 6.54 Å². The topological polar surface area (TPSA) is 15.3 Å². The zero-order valence-electron chi connectivity index (χ0n) is 15.0. The summed E-state index contributed by atoms with van der Waals surface area (Å²) in [5, 5.41) is 5.98. The van der Waals surface area contributed by atoms with Crippen LogP contribution in [0.2, 0.25) is 0 Å². The lowest BCUT2D eigenvalue weighted by Crippen LogP contribution is -2.22. The van der Waals surface area contributed by atoms with Gasteiger partial charge in [0.05, 0.1) is 5.69 Å². The fourth-order valence-electron chi connectivity index (χ4n) is 3.43. The quantitative estimate of drug-likeness (QED) is 0.660. The number of aryl methyl sites for hydroxylation is 1. The molecular weight excluding hydrogens is 292 g/mol. The SMILES string of the molecule is CCN(c1ccccc1C(C)NC)c1c(C)ccc2ccccc12. The van der Waals surface area contributed by atoms with Gasteiger partial charge in [0.15, 0.2) is 0 Å². The first kappa shape index (κ1) is 16.5. The molecule has 0 fully saturated rings. The summed E-state index contributed by atoms with van der Waals surface area (Å²) >= 11 is 0. The molecule has 0 heterocycles. The van der Waals surface area contributed by atoms with Crippen LogP contribution in [0.4, 0.5) is 11.4 Å². The third kappa shape index (κ3) is 2.90. The number of rotatable bonds is 5. The second kappa shape index (κ2) is 7.06. The molecule has 1 unspecified atom stereocenters. The van der Waals surface area contributed by atoms with Gasteiger partial charge in [0.1, 0.15) is 0 Å². The van der Waals surface area contributed by atoms with Gasteiger partial charge in [0.2, 0.25) is 0 Å². The van der Waals surface area contributed by atoms with Crippen molar-refractivity contribution >= 4 is 22.1 Å². The van der Waals surface area contributed by atoms with E-state index < -0.39 is 0 Å². The van der Waals surface area contributed by atoms with Crippen LogP contribution in [0.15, 0.2) is 60.7 Å². The van der Waals surface area contributed by atoms with E-state index in [2.05, 4.69) is 91.7 Å². The number of para-hydroxylation sites is 1. The van der Waals surface area contributed by atoms with Gasteiger partial charge in [-0.1, -0.05) is 54.6 Å². The molecule has 24 heavy (non-hydrogen) atoms. The Morgan fingerprint density at radius 1 is 0.958 bits per heavy atom. The Bertz CT molecular complexity index is 838. The van der Waals surface area contributed by atoms with Gasteiger partial charge in [-0.2, -0.15) is 0 Å². The van der Waals surface area contributed by atoms with Crippen LogP contribution in [-0.4, -0.2) is 13.6 Å². The smallest absolute Gasteiger partial charge is 0.0520 e. The second-order valence-electron chi connectivity index (χ2n) is 6.27. The Morgan fingerprint density at radius 2 is 1.67 bits per heavy atom. The van der Waals surface area contributed by atoms with E-state index >= 15 is 0 Å². The molecular formula is C22H26N2. The highest BCUT2D eigenvalue weighted by molar-refractivity contribution is 5.98. The summed E-state index contributed by atoms with van der Waals surface area (Å²) < 4.78 is 0. The normalized spacial score (nSPS) is 12.3. The maximum Gasteiger partial charge on any atom is 0.0520 e. The Morgan fingerprint density at radius 3 is 2.42 bits per heavy atom. The van der Waals surface area contributed by atoms with Crippen LogP contribution in [0.3, 0.4) is 0 Å². The van der Waals surface area contributed by atoms with Crippen molar-refractivity contribution in [3.63, 3.8) is 0 Å². The Kier molecular flexibility index (Phi) is 4.86. The Balaban J connectivity index is 2.23. The van der Waals surface area contributed by atoms with Crippen LogP contribution in [0.25, 0.3) is 10.8 Å². The minimum Gasteiger partial charge on any atom is -0.341 e. The lowest BCUT2D eigenvalue weighted by molar-refractivity contribution is 0.651. The highest BCUT2D eigenvalue weighted by Gasteiger charge is 2.18. The fourth-order valence-corrected chi connectivity index (χ4v) is 3.43. The molecule has 3 aromatic carbocycles. The average molecular weight is 318 g/mol. The molecule has 0 aliphatic carbocycles. The maximum absolute atomic E-state index is 3.38. The molecule has 3 aromatic rings. The summed E-state index contributed by atoms with van der Waals surface area (Å²) in [4.78, 5) is 2.45. The van der Waals surface area contributed by atoms with E-state index in [4.69, 9.17) is 0 Å². The number of benzene rings is 3. The number of anilines is 2. The minimum absolute atomic E-state index is 0.311. The van der Waals surface area contributed by atoms with Gasteiger partial charge in [-0.3, -0.25) is 0 Å². The zero-order valence-corrected chi connectivity index (χ0v) is 15.0. The molecule has 0 bridgehead atoms. The third-order valence-electron chi connectivity index (χ3n) is 4.82. The highest BCUT2D eigenvalue weighted by atomic mass is 15.1. The first-order valence-corrected chi connectivity index (χ1v) is 8.69. The zero-order chi connectivity index (χ0) is 17.1. The molecule has 0 saturated heterocycles. The van der Waals surface area contributed by atoms with Gasteiger partial charge in [-0.15, -0.1) is 0 Å². The first-order valence-electron chi connectivity index (χ1n) is 8.69. The first-order chi connectivity index (χ1) is 11.7. The molecule has 124 valence electrons. The summed E-state index contributed by atoms with van der Waals surface area (Å²) in [6, 6.07) is 22.1. The number of fused-ring (bicyclic) bond motifs is 1. The van der Waals surface area contributed by atoms with E-state index in [9.17, 15) is 0 Å². The van der Waals surface area contributed by atoms with Crippen molar-refractivity contribution in [3.05, 3.63) is 71.8 Å². The Labute approximate surface area is 145 Å². The van der Waals surface area contributed by atoms with Gasteiger partial charge in [-0.25, -0.2) is 0 Å². The summed E-state index contributed by atoms with van der Waals surface area (Å²) in [6.07, 6.45) is 0. The molecule has 1 atom stereocenters. The molecule has 0 aromatic heterocycles. The predicted octanol–water partition coefficient (Wildman–Crippen LogP) is 5.59. The molecule has 0 spiro atoms. The lowest BCUT2D eigenvalue weighted by Gasteiger charge is -2.30. The number of hydrogen-bond donors (Lipinski definition) is 1. The third-order valence-corrected chi connectivity index (χ3v) is 4.82. The highest BCUT2D eigenvalue weighted by Crippen LogP contribution is 2.38. The van der Waals surface area contributed by atoms with Crippen molar-refractivity contribution in [1.82, 2.24) is 5.32 Å². The summed E-state index contributed by atoms with van der Waals surface area (Å²) in [7, 11) is 2.01. The molecule has 0 saturated carbocycles. The van der Waals surface area contributed by atoms with Crippen molar-refractivity contribution in [2.45, 2.75) is 26.8 Å². The predicted molar refractivity (Wildman–Crippen MR) is 105 cm³/mol. The molecule has 0 aliphatic heterocycles. The Hall–Kier alpha value is -2.32. The van der Waals surface area contributed by atoms with Crippen LogP contribution in [0.1, 0.15) is 31.0 Å².